The average molecular weight is 376 g/mol. The van der Waals surface area contributed by atoms with Gasteiger partial charge in [-0.2, -0.15) is 0 Å². The molecule has 26 heavy (non-hydrogen) atoms. The number of benzene rings is 2. The van der Waals surface area contributed by atoms with Crippen LogP contribution >= 0.6 is 11.6 Å². The van der Waals surface area contributed by atoms with Gasteiger partial charge in [0.2, 0.25) is 5.91 Å². The van der Waals surface area contributed by atoms with E-state index in [1.807, 2.05) is 13.8 Å². The second-order valence-corrected chi connectivity index (χ2v) is 6.53. The highest BCUT2D eigenvalue weighted by Crippen LogP contribution is 2.25. The van der Waals surface area contributed by atoms with Crippen LogP contribution in [0.2, 0.25) is 5.02 Å². The fourth-order valence-electron chi connectivity index (χ4n) is 2.43. The van der Waals surface area contributed by atoms with E-state index in [-0.39, 0.29) is 11.8 Å². The third-order valence-corrected chi connectivity index (χ3v) is 4.18. The van der Waals surface area contributed by atoms with E-state index in [2.05, 4.69) is 10.6 Å². The summed E-state index contributed by atoms with van der Waals surface area (Å²) >= 11 is 6.05. The minimum atomic E-state index is -0.734. The Bertz CT molecular complexity index is 808. The Morgan fingerprint density at radius 2 is 1.85 bits per heavy atom. The molecule has 6 nitrogen and oxygen atoms in total. The predicted molar refractivity (Wildman–Crippen MR) is 104 cm³/mol. The highest BCUT2D eigenvalue weighted by Gasteiger charge is 2.25. The quantitative estimate of drug-likeness (QED) is 0.675. The third kappa shape index (κ3) is 4.67. The van der Waals surface area contributed by atoms with Crippen molar-refractivity contribution in [2.45, 2.75) is 19.9 Å². The van der Waals surface area contributed by atoms with E-state index in [1.54, 1.807) is 42.5 Å². The van der Waals surface area contributed by atoms with Gasteiger partial charge in [0.05, 0.1) is 23.4 Å². The highest BCUT2D eigenvalue weighted by molar-refractivity contribution is 6.33. The first-order valence-corrected chi connectivity index (χ1v) is 8.51. The van der Waals surface area contributed by atoms with Crippen molar-refractivity contribution in [3.63, 3.8) is 0 Å². The molecule has 0 heterocycles. The molecule has 2 rings (SSSR count). The normalized spacial score (nSPS) is 11.7. The van der Waals surface area contributed by atoms with Gasteiger partial charge in [-0.1, -0.05) is 37.6 Å². The molecule has 2 aromatic carbocycles. The number of nitrogens with two attached hydrogens (primary N) is 1. The summed E-state index contributed by atoms with van der Waals surface area (Å²) in [6.07, 6.45) is 0. The molecule has 0 fully saturated rings. The number of carbonyl (C=O) groups is 2. The van der Waals surface area contributed by atoms with Gasteiger partial charge >= 0.3 is 0 Å². The maximum absolute atomic E-state index is 12.6. The molecule has 0 spiro atoms. The summed E-state index contributed by atoms with van der Waals surface area (Å²) in [4.78, 5) is 25.1. The summed E-state index contributed by atoms with van der Waals surface area (Å²) < 4.78 is 5.10. The molecule has 2 aromatic rings. The van der Waals surface area contributed by atoms with E-state index in [9.17, 15) is 9.59 Å². The highest BCUT2D eigenvalue weighted by atomic mass is 35.5. The minimum Gasteiger partial charge on any atom is -0.495 e. The van der Waals surface area contributed by atoms with Gasteiger partial charge in [0.25, 0.3) is 5.91 Å². The summed E-state index contributed by atoms with van der Waals surface area (Å²) in [6.45, 7) is 3.69. The van der Waals surface area contributed by atoms with Crippen LogP contribution in [0.15, 0.2) is 42.5 Å². The Hall–Kier alpha value is -2.73. The zero-order valence-corrected chi connectivity index (χ0v) is 15.6. The fraction of sp³-hybridized carbons (Fsp3) is 0.263. The van der Waals surface area contributed by atoms with Crippen LogP contribution < -0.4 is 21.1 Å². The second kappa shape index (κ2) is 8.58. The fourth-order valence-corrected chi connectivity index (χ4v) is 2.65. The number of carbonyl (C=O) groups excluding carboxylic acids is 2. The number of hydrogen-bond donors (Lipinski definition) is 3. The molecular weight excluding hydrogens is 354 g/mol. The molecule has 0 radical (unpaired) electrons. The van der Waals surface area contributed by atoms with Gasteiger partial charge in [-0.05, 0) is 36.2 Å². The molecule has 0 aromatic heterocycles. The molecule has 1 atom stereocenters. The topological polar surface area (TPSA) is 93.5 Å². The van der Waals surface area contributed by atoms with Crippen LogP contribution in [-0.4, -0.2) is 25.0 Å². The molecule has 1 unspecified atom stereocenters. The molecule has 0 bridgehead atoms. The van der Waals surface area contributed by atoms with Crippen molar-refractivity contribution in [3.05, 3.63) is 53.1 Å². The summed E-state index contributed by atoms with van der Waals surface area (Å²) in [7, 11) is 1.52. The van der Waals surface area contributed by atoms with Crippen molar-refractivity contribution in [1.82, 2.24) is 5.32 Å². The Morgan fingerprint density at radius 1 is 1.15 bits per heavy atom. The lowest BCUT2D eigenvalue weighted by molar-refractivity contribution is -0.118. The van der Waals surface area contributed by atoms with Gasteiger partial charge in [0, 0.05) is 5.69 Å². The predicted octanol–water partition coefficient (Wildman–Crippen LogP) is 3.32. The van der Waals surface area contributed by atoms with Gasteiger partial charge in [-0.3, -0.25) is 9.59 Å². The summed E-state index contributed by atoms with van der Waals surface area (Å²) in [6, 6.07) is 10.9. The molecule has 2 amide bonds. The number of hydrogen-bond acceptors (Lipinski definition) is 4. The molecule has 4 N–H and O–H groups in total. The van der Waals surface area contributed by atoms with Crippen LogP contribution in [0.5, 0.6) is 5.75 Å². The van der Waals surface area contributed by atoms with Gasteiger partial charge in [0.15, 0.2) is 0 Å². The Kier molecular flexibility index (Phi) is 6.46. The van der Waals surface area contributed by atoms with E-state index >= 15 is 0 Å². The molecule has 138 valence electrons. The average Bonchev–Trinajstić information content (AvgIpc) is 2.59. The van der Waals surface area contributed by atoms with Gasteiger partial charge < -0.3 is 21.1 Å². The zero-order chi connectivity index (χ0) is 19.3. The molecule has 0 aliphatic carbocycles. The molecule has 7 heteroatoms. The lowest BCUT2D eigenvalue weighted by Crippen LogP contribution is -2.47. The van der Waals surface area contributed by atoms with Gasteiger partial charge in [-0.15, -0.1) is 0 Å². The van der Waals surface area contributed by atoms with Crippen molar-refractivity contribution in [3.8, 4) is 5.75 Å². The van der Waals surface area contributed by atoms with Gasteiger partial charge in [0.1, 0.15) is 11.8 Å². The number of rotatable bonds is 6. The van der Waals surface area contributed by atoms with E-state index < -0.39 is 11.9 Å². The minimum absolute atomic E-state index is 0.128. The smallest absolute Gasteiger partial charge is 0.253 e. The Morgan fingerprint density at radius 3 is 2.42 bits per heavy atom. The van der Waals surface area contributed by atoms with Crippen LogP contribution in [0.1, 0.15) is 24.2 Å². The first kappa shape index (κ1) is 19.6. The van der Waals surface area contributed by atoms with Crippen molar-refractivity contribution in [2.75, 3.05) is 18.2 Å². The lowest BCUT2D eigenvalue weighted by Gasteiger charge is -2.22. The number of anilines is 2. The van der Waals surface area contributed by atoms with E-state index in [1.165, 1.54) is 7.11 Å². The maximum atomic E-state index is 12.6. The summed E-state index contributed by atoms with van der Waals surface area (Å²) in [5, 5.41) is 5.83. The van der Waals surface area contributed by atoms with E-state index in [0.29, 0.717) is 27.7 Å². The number of amides is 2. The second-order valence-electron chi connectivity index (χ2n) is 6.12. The third-order valence-electron chi connectivity index (χ3n) is 3.85. The number of nitrogens with one attached hydrogen (secondary N) is 2. The standard InChI is InChI=1S/C19H22ClN3O3/c1-11(2)17(23-18(24)13-6-4-5-7-14(13)20)19(25)22-12-8-9-16(26-3)15(21)10-12/h4-11,17H,21H2,1-3H3,(H,22,25)(H,23,24). The van der Waals surface area contributed by atoms with Crippen molar-refractivity contribution in [2.24, 2.45) is 5.92 Å². The van der Waals surface area contributed by atoms with Crippen LogP contribution in [0.4, 0.5) is 11.4 Å². The maximum Gasteiger partial charge on any atom is 0.253 e. The van der Waals surface area contributed by atoms with Crippen LogP contribution in [-0.2, 0) is 4.79 Å². The van der Waals surface area contributed by atoms with E-state index in [4.69, 9.17) is 22.1 Å². The number of ether oxygens (including phenoxy) is 1. The van der Waals surface area contributed by atoms with Crippen molar-refractivity contribution >= 4 is 34.8 Å². The zero-order valence-electron chi connectivity index (χ0n) is 14.9. The first-order valence-electron chi connectivity index (χ1n) is 8.13. The monoisotopic (exact) mass is 375 g/mol. The van der Waals surface area contributed by atoms with Crippen LogP contribution in [0, 0.1) is 5.92 Å². The van der Waals surface area contributed by atoms with Crippen molar-refractivity contribution < 1.29 is 14.3 Å². The summed E-state index contributed by atoms with van der Waals surface area (Å²) in [5.74, 6) is -0.351. The summed E-state index contributed by atoms with van der Waals surface area (Å²) in [5.41, 5.74) is 7.11. The Labute approximate surface area is 157 Å². The van der Waals surface area contributed by atoms with E-state index in [0.717, 1.165) is 0 Å². The molecule has 0 saturated heterocycles. The number of nitrogen functional groups attached to an aromatic ring is 1. The van der Waals surface area contributed by atoms with Crippen molar-refractivity contribution in [1.29, 1.82) is 0 Å². The number of methoxy groups -OCH3 is 1. The lowest BCUT2D eigenvalue weighted by atomic mass is 10.0. The molecular formula is C19H22ClN3O3. The first-order chi connectivity index (χ1) is 12.3. The number of halogens is 1. The molecule has 0 aliphatic heterocycles. The Balaban J connectivity index is 2.14. The molecule has 0 aliphatic rings. The van der Waals surface area contributed by atoms with Crippen LogP contribution in [0.25, 0.3) is 0 Å². The largest absolute Gasteiger partial charge is 0.495 e. The van der Waals surface area contributed by atoms with Crippen LogP contribution in [0.3, 0.4) is 0 Å². The van der Waals surface area contributed by atoms with Gasteiger partial charge in [-0.25, -0.2) is 0 Å². The SMILES string of the molecule is COc1ccc(NC(=O)C(NC(=O)c2ccccc2Cl)C(C)C)cc1N. The molecule has 0 saturated carbocycles.